The van der Waals surface area contributed by atoms with Crippen molar-refractivity contribution in [3.63, 3.8) is 0 Å². The van der Waals surface area contributed by atoms with Crippen molar-refractivity contribution in [1.82, 2.24) is 5.06 Å². The van der Waals surface area contributed by atoms with Crippen LogP contribution in [0.2, 0.25) is 0 Å². The highest BCUT2D eigenvalue weighted by molar-refractivity contribution is 5.89. The van der Waals surface area contributed by atoms with Crippen LogP contribution in [0.4, 0.5) is 8.78 Å². The summed E-state index contributed by atoms with van der Waals surface area (Å²) in [6.07, 6.45) is 2.19. The van der Waals surface area contributed by atoms with E-state index in [0.29, 0.717) is 29.9 Å². The lowest BCUT2D eigenvalue weighted by Gasteiger charge is -2.33. The molecule has 1 aliphatic rings. The Kier molecular flexibility index (Phi) is 6.09. The summed E-state index contributed by atoms with van der Waals surface area (Å²) in [7, 11) is 1.57. The first-order chi connectivity index (χ1) is 15.0. The number of hydroxylamine groups is 2. The predicted octanol–water partition coefficient (Wildman–Crippen LogP) is 5.58. The zero-order chi connectivity index (χ0) is 21.8. The SMILES string of the molecule is COc1cccc(C2C=C(c3cc(F)ccc3F)CCN2OC(=O)c2ccccc2)c1. The minimum absolute atomic E-state index is 0.210. The number of halogens is 2. The summed E-state index contributed by atoms with van der Waals surface area (Å²) in [4.78, 5) is 18.3. The summed E-state index contributed by atoms with van der Waals surface area (Å²) in [6, 6.07) is 18.9. The van der Waals surface area contributed by atoms with Crippen LogP contribution in [0, 0.1) is 11.6 Å². The Bertz CT molecular complexity index is 1110. The van der Waals surface area contributed by atoms with Crippen LogP contribution in [0.1, 0.15) is 33.9 Å². The quantitative estimate of drug-likeness (QED) is 0.540. The fourth-order valence-corrected chi connectivity index (χ4v) is 3.62. The maximum Gasteiger partial charge on any atom is 0.357 e. The highest BCUT2D eigenvalue weighted by atomic mass is 19.1. The summed E-state index contributed by atoms with van der Waals surface area (Å²) in [5.74, 6) is -0.841. The molecule has 3 aromatic rings. The van der Waals surface area contributed by atoms with Gasteiger partial charge in [0, 0.05) is 12.1 Å². The van der Waals surface area contributed by atoms with Crippen molar-refractivity contribution >= 4 is 11.5 Å². The molecule has 158 valence electrons. The Balaban J connectivity index is 1.71. The third-order valence-electron chi connectivity index (χ3n) is 5.19. The van der Waals surface area contributed by atoms with Gasteiger partial charge in [-0.05, 0) is 60.0 Å². The van der Waals surface area contributed by atoms with E-state index in [1.807, 2.05) is 30.3 Å². The van der Waals surface area contributed by atoms with Crippen LogP contribution >= 0.6 is 0 Å². The molecular formula is C25H21F2NO3. The predicted molar refractivity (Wildman–Crippen MR) is 113 cm³/mol. The van der Waals surface area contributed by atoms with E-state index >= 15 is 0 Å². The van der Waals surface area contributed by atoms with E-state index in [2.05, 4.69) is 0 Å². The number of benzene rings is 3. The van der Waals surface area contributed by atoms with Crippen molar-refractivity contribution < 1.29 is 23.1 Å². The normalized spacial score (nSPS) is 16.5. The van der Waals surface area contributed by atoms with E-state index in [-0.39, 0.29) is 5.56 Å². The van der Waals surface area contributed by atoms with Crippen molar-refractivity contribution in [3.8, 4) is 5.75 Å². The number of methoxy groups -OCH3 is 1. The van der Waals surface area contributed by atoms with Gasteiger partial charge in [-0.3, -0.25) is 0 Å². The summed E-state index contributed by atoms with van der Waals surface area (Å²) >= 11 is 0. The molecule has 4 rings (SSSR count). The second kappa shape index (κ2) is 9.10. The molecule has 0 bridgehead atoms. The second-order valence-electron chi connectivity index (χ2n) is 7.17. The molecule has 4 nitrogen and oxygen atoms in total. The molecule has 0 fully saturated rings. The van der Waals surface area contributed by atoms with Gasteiger partial charge in [0.15, 0.2) is 0 Å². The van der Waals surface area contributed by atoms with Crippen LogP contribution in [0.5, 0.6) is 5.75 Å². The fourth-order valence-electron chi connectivity index (χ4n) is 3.62. The monoisotopic (exact) mass is 421 g/mol. The summed E-state index contributed by atoms with van der Waals surface area (Å²) < 4.78 is 33.5. The van der Waals surface area contributed by atoms with Crippen LogP contribution in [-0.4, -0.2) is 24.7 Å². The van der Waals surface area contributed by atoms with Gasteiger partial charge < -0.3 is 9.57 Å². The van der Waals surface area contributed by atoms with Gasteiger partial charge in [-0.2, -0.15) is 0 Å². The smallest absolute Gasteiger partial charge is 0.357 e. The summed E-state index contributed by atoms with van der Waals surface area (Å²) in [5, 5.41) is 1.56. The number of carbonyl (C=O) groups excluding carboxylic acids is 1. The first kappa shape index (κ1) is 20.8. The minimum atomic E-state index is -0.506. The van der Waals surface area contributed by atoms with Crippen LogP contribution in [-0.2, 0) is 4.84 Å². The van der Waals surface area contributed by atoms with E-state index in [1.165, 1.54) is 6.07 Å². The van der Waals surface area contributed by atoms with E-state index < -0.39 is 23.6 Å². The second-order valence-corrected chi connectivity index (χ2v) is 7.17. The highest BCUT2D eigenvalue weighted by Crippen LogP contribution is 2.36. The molecule has 31 heavy (non-hydrogen) atoms. The maximum absolute atomic E-state index is 14.4. The number of carbonyl (C=O) groups is 1. The molecule has 0 aliphatic carbocycles. The van der Waals surface area contributed by atoms with Gasteiger partial charge >= 0.3 is 5.97 Å². The molecule has 0 radical (unpaired) electrons. The van der Waals surface area contributed by atoms with Crippen LogP contribution in [0.3, 0.4) is 0 Å². The molecule has 0 aromatic heterocycles. The van der Waals surface area contributed by atoms with Gasteiger partial charge in [-0.25, -0.2) is 13.6 Å². The molecule has 0 amide bonds. The van der Waals surface area contributed by atoms with Gasteiger partial charge in [0.05, 0.1) is 18.7 Å². The topological polar surface area (TPSA) is 38.8 Å². The zero-order valence-corrected chi connectivity index (χ0v) is 16.9. The Morgan fingerprint density at radius 2 is 1.81 bits per heavy atom. The Morgan fingerprint density at radius 3 is 2.58 bits per heavy atom. The zero-order valence-electron chi connectivity index (χ0n) is 16.9. The van der Waals surface area contributed by atoms with E-state index in [4.69, 9.17) is 9.57 Å². The standard InChI is InChI=1S/C25H21F2NO3/c1-30-21-9-5-8-19(14-21)24-15-18(22-16-20(26)10-11-23(22)27)12-13-28(24)31-25(29)17-6-3-2-4-7-17/h2-11,14-16,24H,12-13H2,1H3. The molecule has 1 heterocycles. The molecular weight excluding hydrogens is 400 g/mol. The van der Waals surface area contributed by atoms with Crippen LogP contribution in [0.15, 0.2) is 78.9 Å². The highest BCUT2D eigenvalue weighted by Gasteiger charge is 2.29. The van der Waals surface area contributed by atoms with E-state index in [9.17, 15) is 13.6 Å². The molecule has 3 aromatic carbocycles. The lowest BCUT2D eigenvalue weighted by atomic mass is 9.93. The number of hydrogen-bond acceptors (Lipinski definition) is 4. The van der Waals surface area contributed by atoms with Crippen molar-refractivity contribution in [2.45, 2.75) is 12.5 Å². The third-order valence-corrected chi connectivity index (χ3v) is 5.19. The summed E-state index contributed by atoms with van der Waals surface area (Å²) in [5.41, 5.74) is 2.09. The fraction of sp³-hybridized carbons (Fsp3) is 0.160. The molecule has 0 saturated carbocycles. The number of ether oxygens (including phenoxy) is 1. The molecule has 0 saturated heterocycles. The van der Waals surface area contributed by atoms with Gasteiger partial charge in [0.2, 0.25) is 0 Å². The largest absolute Gasteiger partial charge is 0.497 e. The maximum atomic E-state index is 14.4. The molecule has 1 atom stereocenters. The van der Waals surface area contributed by atoms with Crippen molar-refractivity contribution in [2.75, 3.05) is 13.7 Å². The Hall–Kier alpha value is -3.51. The Morgan fingerprint density at radius 1 is 1.00 bits per heavy atom. The minimum Gasteiger partial charge on any atom is -0.497 e. The number of rotatable bonds is 5. The van der Waals surface area contributed by atoms with Gasteiger partial charge in [-0.15, -0.1) is 5.06 Å². The van der Waals surface area contributed by atoms with Crippen molar-refractivity contribution in [1.29, 1.82) is 0 Å². The van der Waals surface area contributed by atoms with Crippen LogP contribution < -0.4 is 4.74 Å². The van der Waals surface area contributed by atoms with E-state index in [0.717, 1.165) is 17.7 Å². The average Bonchev–Trinajstić information content (AvgIpc) is 2.81. The molecule has 1 aliphatic heterocycles. The van der Waals surface area contributed by atoms with Crippen molar-refractivity contribution in [2.24, 2.45) is 0 Å². The molecule has 0 spiro atoms. The summed E-state index contributed by atoms with van der Waals surface area (Å²) in [6.45, 7) is 0.322. The van der Waals surface area contributed by atoms with Crippen molar-refractivity contribution in [3.05, 3.63) is 107 Å². The first-order valence-corrected chi connectivity index (χ1v) is 9.89. The van der Waals surface area contributed by atoms with E-state index in [1.54, 1.807) is 42.5 Å². The van der Waals surface area contributed by atoms with Gasteiger partial charge in [-0.1, -0.05) is 36.4 Å². The lowest BCUT2D eigenvalue weighted by Crippen LogP contribution is -2.34. The average molecular weight is 421 g/mol. The number of nitrogens with zero attached hydrogens (tertiary/aromatic N) is 1. The first-order valence-electron chi connectivity index (χ1n) is 9.89. The molecule has 6 heteroatoms. The third kappa shape index (κ3) is 4.64. The molecule has 0 N–H and O–H groups in total. The lowest BCUT2D eigenvalue weighted by molar-refractivity contribution is -0.130. The number of hydrogen-bond donors (Lipinski definition) is 0. The van der Waals surface area contributed by atoms with Gasteiger partial charge in [0.1, 0.15) is 17.4 Å². The van der Waals surface area contributed by atoms with Crippen LogP contribution in [0.25, 0.3) is 5.57 Å². The molecule has 1 unspecified atom stereocenters. The Labute approximate surface area is 179 Å². The van der Waals surface area contributed by atoms with Gasteiger partial charge in [0.25, 0.3) is 0 Å².